The molecule has 4 heteroatoms. The molecule has 0 aliphatic carbocycles. The van der Waals surface area contributed by atoms with Gasteiger partial charge in [0, 0.05) is 12.3 Å². The summed E-state index contributed by atoms with van der Waals surface area (Å²) in [4.78, 5) is 4.00. The molecule has 0 N–H and O–H groups in total. The number of nitrogens with zero attached hydrogens (tertiary/aromatic N) is 2. The number of benzene rings is 2. The molecule has 4 nitrogen and oxygen atoms in total. The van der Waals surface area contributed by atoms with E-state index in [1.54, 1.807) is 36.7 Å². The van der Waals surface area contributed by atoms with Crippen molar-refractivity contribution in [1.82, 2.24) is 4.98 Å². The van der Waals surface area contributed by atoms with Gasteiger partial charge in [-0.3, -0.25) is 4.98 Å². The molecule has 0 amide bonds. The summed E-state index contributed by atoms with van der Waals surface area (Å²) in [6.07, 6.45) is 3.30. The Morgan fingerprint density at radius 1 is 0.818 bits per heavy atom. The molecule has 2 aromatic carbocycles. The summed E-state index contributed by atoms with van der Waals surface area (Å²) in [6, 6.07) is 20.1. The SMILES string of the molecule is N#Cc1ccc(Oc2cccnc2)cc1Oc1ccccc1. The van der Waals surface area contributed by atoms with Crippen molar-refractivity contribution in [2.75, 3.05) is 0 Å². The predicted octanol–water partition coefficient (Wildman–Crippen LogP) is 4.54. The minimum absolute atomic E-state index is 0.447. The van der Waals surface area contributed by atoms with Crippen LogP contribution in [0.25, 0.3) is 0 Å². The van der Waals surface area contributed by atoms with E-state index < -0.39 is 0 Å². The van der Waals surface area contributed by atoms with E-state index in [0.717, 1.165) is 0 Å². The molecule has 22 heavy (non-hydrogen) atoms. The maximum Gasteiger partial charge on any atom is 0.148 e. The van der Waals surface area contributed by atoms with Gasteiger partial charge in [0.25, 0.3) is 0 Å². The van der Waals surface area contributed by atoms with Crippen LogP contribution >= 0.6 is 0 Å². The fourth-order valence-electron chi connectivity index (χ4n) is 1.90. The van der Waals surface area contributed by atoms with E-state index in [4.69, 9.17) is 9.47 Å². The van der Waals surface area contributed by atoms with E-state index >= 15 is 0 Å². The Hall–Kier alpha value is -3.32. The first-order chi connectivity index (χ1) is 10.8. The highest BCUT2D eigenvalue weighted by Gasteiger charge is 2.08. The zero-order chi connectivity index (χ0) is 15.2. The molecule has 0 aliphatic heterocycles. The molecule has 0 bridgehead atoms. The number of rotatable bonds is 4. The first kappa shape index (κ1) is 13.7. The van der Waals surface area contributed by atoms with Crippen LogP contribution in [0, 0.1) is 11.3 Å². The lowest BCUT2D eigenvalue weighted by atomic mass is 10.2. The molecule has 106 valence electrons. The van der Waals surface area contributed by atoms with Crippen molar-refractivity contribution in [3.8, 4) is 29.1 Å². The smallest absolute Gasteiger partial charge is 0.148 e. The Morgan fingerprint density at radius 2 is 1.64 bits per heavy atom. The second-order valence-electron chi connectivity index (χ2n) is 4.48. The van der Waals surface area contributed by atoms with E-state index in [9.17, 15) is 5.26 Å². The second kappa shape index (κ2) is 6.42. The summed E-state index contributed by atoms with van der Waals surface area (Å²) >= 11 is 0. The highest BCUT2D eigenvalue weighted by Crippen LogP contribution is 2.31. The molecule has 0 saturated heterocycles. The Bertz CT molecular complexity index is 796. The van der Waals surface area contributed by atoms with Crippen molar-refractivity contribution in [3.63, 3.8) is 0 Å². The predicted molar refractivity (Wildman–Crippen MR) is 82.0 cm³/mol. The van der Waals surface area contributed by atoms with Gasteiger partial charge in [-0.25, -0.2) is 0 Å². The molecule has 0 atom stereocenters. The van der Waals surface area contributed by atoms with Gasteiger partial charge in [-0.15, -0.1) is 0 Å². The second-order valence-corrected chi connectivity index (χ2v) is 4.48. The third-order valence-corrected chi connectivity index (χ3v) is 2.91. The fraction of sp³-hybridized carbons (Fsp3) is 0. The number of aromatic nitrogens is 1. The summed E-state index contributed by atoms with van der Waals surface area (Å²) in [5.41, 5.74) is 0.447. The van der Waals surface area contributed by atoms with E-state index in [1.165, 1.54) is 0 Å². The fourth-order valence-corrected chi connectivity index (χ4v) is 1.90. The summed E-state index contributed by atoms with van der Waals surface area (Å²) in [5, 5.41) is 9.20. The Kier molecular flexibility index (Phi) is 3.98. The molecule has 0 saturated carbocycles. The van der Waals surface area contributed by atoms with Crippen molar-refractivity contribution < 1.29 is 9.47 Å². The van der Waals surface area contributed by atoms with E-state index in [1.807, 2.05) is 36.4 Å². The maximum absolute atomic E-state index is 9.20. The Balaban J connectivity index is 1.88. The lowest BCUT2D eigenvalue weighted by Crippen LogP contribution is -1.90. The van der Waals surface area contributed by atoms with Crippen LogP contribution in [0.5, 0.6) is 23.0 Å². The van der Waals surface area contributed by atoms with Crippen LogP contribution in [0.2, 0.25) is 0 Å². The van der Waals surface area contributed by atoms with Crippen LogP contribution in [-0.4, -0.2) is 4.98 Å². The minimum atomic E-state index is 0.447. The molecular formula is C18H12N2O2. The molecule has 1 heterocycles. The lowest BCUT2D eigenvalue weighted by molar-refractivity contribution is 0.458. The third kappa shape index (κ3) is 3.22. The number of nitriles is 1. The average Bonchev–Trinajstić information content (AvgIpc) is 2.57. The monoisotopic (exact) mass is 288 g/mol. The summed E-state index contributed by atoms with van der Waals surface area (Å²) in [7, 11) is 0. The third-order valence-electron chi connectivity index (χ3n) is 2.91. The van der Waals surface area contributed by atoms with Gasteiger partial charge in [-0.05, 0) is 36.4 Å². The molecule has 0 fully saturated rings. The van der Waals surface area contributed by atoms with Gasteiger partial charge in [-0.2, -0.15) is 5.26 Å². The molecule has 0 unspecified atom stereocenters. The summed E-state index contributed by atoms with van der Waals surface area (Å²) < 4.78 is 11.5. The van der Waals surface area contributed by atoms with Crippen LogP contribution < -0.4 is 9.47 Å². The van der Waals surface area contributed by atoms with E-state index in [0.29, 0.717) is 28.6 Å². The number of para-hydroxylation sites is 1. The van der Waals surface area contributed by atoms with E-state index in [-0.39, 0.29) is 0 Å². The van der Waals surface area contributed by atoms with E-state index in [2.05, 4.69) is 11.1 Å². The largest absolute Gasteiger partial charge is 0.456 e. The zero-order valence-electron chi connectivity index (χ0n) is 11.6. The van der Waals surface area contributed by atoms with Crippen molar-refractivity contribution in [3.05, 3.63) is 78.6 Å². The molecule has 0 aliphatic rings. The Morgan fingerprint density at radius 3 is 2.36 bits per heavy atom. The van der Waals surface area contributed by atoms with Gasteiger partial charge >= 0.3 is 0 Å². The normalized spacial score (nSPS) is 9.77. The topological polar surface area (TPSA) is 55.1 Å². The molecular weight excluding hydrogens is 276 g/mol. The molecule has 3 aromatic rings. The Labute approximate surface area is 128 Å². The van der Waals surface area contributed by atoms with Crippen LogP contribution in [0.4, 0.5) is 0 Å². The molecule has 3 rings (SSSR count). The quantitative estimate of drug-likeness (QED) is 0.707. The van der Waals surface area contributed by atoms with Gasteiger partial charge in [0.15, 0.2) is 0 Å². The van der Waals surface area contributed by atoms with Gasteiger partial charge < -0.3 is 9.47 Å². The molecule has 0 radical (unpaired) electrons. The van der Waals surface area contributed by atoms with Crippen molar-refractivity contribution in [1.29, 1.82) is 5.26 Å². The van der Waals surface area contributed by atoms with Crippen molar-refractivity contribution >= 4 is 0 Å². The number of hydrogen-bond acceptors (Lipinski definition) is 4. The van der Waals surface area contributed by atoms with Gasteiger partial charge in [-0.1, -0.05) is 18.2 Å². The van der Waals surface area contributed by atoms with Crippen LogP contribution in [0.3, 0.4) is 0 Å². The van der Waals surface area contributed by atoms with Crippen LogP contribution in [0.15, 0.2) is 73.1 Å². The summed E-state index contributed by atoms with van der Waals surface area (Å²) in [5.74, 6) is 2.32. The van der Waals surface area contributed by atoms with Crippen LogP contribution in [-0.2, 0) is 0 Å². The standard InChI is InChI=1S/C18H12N2O2/c19-12-14-8-9-16(21-17-7-4-10-20-13-17)11-18(14)22-15-5-2-1-3-6-15/h1-11,13H. The number of pyridine rings is 1. The highest BCUT2D eigenvalue weighted by molar-refractivity contribution is 5.50. The first-order valence-electron chi connectivity index (χ1n) is 6.70. The maximum atomic E-state index is 9.20. The first-order valence-corrected chi connectivity index (χ1v) is 6.70. The van der Waals surface area contributed by atoms with Crippen LogP contribution in [0.1, 0.15) is 5.56 Å². The number of hydrogen-bond donors (Lipinski definition) is 0. The summed E-state index contributed by atoms with van der Waals surface area (Å²) in [6.45, 7) is 0. The van der Waals surface area contributed by atoms with Crippen molar-refractivity contribution in [2.45, 2.75) is 0 Å². The number of ether oxygens (including phenoxy) is 2. The highest BCUT2D eigenvalue weighted by atomic mass is 16.5. The average molecular weight is 288 g/mol. The van der Waals surface area contributed by atoms with Gasteiger partial charge in [0.2, 0.25) is 0 Å². The molecule has 0 spiro atoms. The molecule has 1 aromatic heterocycles. The lowest BCUT2D eigenvalue weighted by Gasteiger charge is -2.10. The minimum Gasteiger partial charge on any atom is -0.456 e. The van der Waals surface area contributed by atoms with Gasteiger partial charge in [0.1, 0.15) is 29.1 Å². The van der Waals surface area contributed by atoms with Gasteiger partial charge in [0.05, 0.1) is 11.8 Å². The van der Waals surface area contributed by atoms with Crippen molar-refractivity contribution in [2.24, 2.45) is 0 Å². The zero-order valence-corrected chi connectivity index (χ0v) is 11.6.